The Bertz CT molecular complexity index is 1010. The molecule has 196 valence electrons. The van der Waals surface area contributed by atoms with Gasteiger partial charge in [-0.3, -0.25) is 9.98 Å². The molecule has 0 heterocycles. The maximum atomic E-state index is 10.9. The van der Waals surface area contributed by atoms with Crippen molar-refractivity contribution in [1.29, 1.82) is 0 Å². The minimum atomic E-state index is 0.0691. The largest absolute Gasteiger partial charge is 0.507 e. The highest BCUT2D eigenvalue weighted by Gasteiger charge is 2.24. The number of phenolic OH excluding ortho intramolecular Hbond substituents is 2. The van der Waals surface area contributed by atoms with E-state index in [0.29, 0.717) is 23.3 Å². The molecule has 2 aromatic carbocycles. The third-order valence-electron chi connectivity index (χ3n) is 7.46. The number of hydrogen-bond donors (Lipinski definition) is 2. The fraction of sp³-hybridized carbons (Fsp3) is 0.562. The summed E-state index contributed by atoms with van der Waals surface area (Å²) in [6.07, 6.45) is 7.95. The highest BCUT2D eigenvalue weighted by atomic mass is 16.3. The lowest BCUT2D eigenvalue weighted by Gasteiger charge is -2.26. The highest BCUT2D eigenvalue weighted by Crippen LogP contribution is 2.34. The molecule has 2 aromatic rings. The SMILES string of the molecule is CC(C)c1cc(C=NC2CCCCC2N=Cc2cc(C(C)C)cc(C(C)C)c2O)c(O)c(C(C)C)c1. The topological polar surface area (TPSA) is 65.2 Å². The Hall–Kier alpha value is -2.62. The van der Waals surface area contributed by atoms with Gasteiger partial charge in [0.05, 0.1) is 12.1 Å². The maximum Gasteiger partial charge on any atom is 0.127 e. The summed E-state index contributed by atoms with van der Waals surface area (Å²) in [5, 5.41) is 21.9. The number of phenols is 2. The number of nitrogens with zero attached hydrogens (tertiary/aromatic N) is 2. The van der Waals surface area contributed by atoms with Gasteiger partial charge in [0.1, 0.15) is 11.5 Å². The summed E-state index contributed by atoms with van der Waals surface area (Å²) in [6, 6.07) is 8.52. The van der Waals surface area contributed by atoms with Gasteiger partial charge in [-0.2, -0.15) is 0 Å². The van der Waals surface area contributed by atoms with Crippen molar-refractivity contribution in [3.05, 3.63) is 57.6 Å². The molecule has 2 atom stereocenters. The van der Waals surface area contributed by atoms with E-state index in [1.54, 1.807) is 0 Å². The van der Waals surface area contributed by atoms with Gasteiger partial charge in [-0.25, -0.2) is 0 Å². The van der Waals surface area contributed by atoms with Crippen LogP contribution in [0.2, 0.25) is 0 Å². The van der Waals surface area contributed by atoms with Gasteiger partial charge in [0.2, 0.25) is 0 Å². The van der Waals surface area contributed by atoms with Crippen molar-refractivity contribution in [2.75, 3.05) is 0 Å². The predicted octanol–water partition coefficient (Wildman–Crippen LogP) is 8.44. The van der Waals surface area contributed by atoms with Crippen molar-refractivity contribution < 1.29 is 10.2 Å². The van der Waals surface area contributed by atoms with E-state index in [4.69, 9.17) is 9.98 Å². The number of benzene rings is 2. The lowest BCUT2D eigenvalue weighted by atomic mass is 9.90. The maximum absolute atomic E-state index is 10.9. The summed E-state index contributed by atoms with van der Waals surface area (Å²) in [5.74, 6) is 1.93. The molecule has 0 amide bonds. The summed E-state index contributed by atoms with van der Waals surface area (Å²) in [6.45, 7) is 17.2. The first-order valence-electron chi connectivity index (χ1n) is 13.8. The lowest BCUT2D eigenvalue weighted by Crippen LogP contribution is -2.27. The van der Waals surface area contributed by atoms with Gasteiger partial charge in [-0.05, 0) is 70.9 Å². The minimum absolute atomic E-state index is 0.0691. The Balaban J connectivity index is 1.91. The quantitative estimate of drug-likeness (QED) is 0.365. The molecule has 0 bridgehead atoms. The Morgan fingerprint density at radius 2 is 0.972 bits per heavy atom. The summed E-state index contributed by atoms with van der Waals surface area (Å²) >= 11 is 0. The Morgan fingerprint density at radius 1 is 0.611 bits per heavy atom. The first kappa shape index (κ1) is 28.0. The molecule has 0 saturated heterocycles. The number of aromatic hydroxyl groups is 2. The van der Waals surface area contributed by atoms with Gasteiger partial charge in [-0.1, -0.05) is 80.4 Å². The Kier molecular flexibility index (Phi) is 9.38. The van der Waals surface area contributed by atoms with Gasteiger partial charge < -0.3 is 10.2 Å². The fourth-order valence-electron chi connectivity index (χ4n) is 4.94. The van der Waals surface area contributed by atoms with Gasteiger partial charge in [0.15, 0.2) is 0 Å². The van der Waals surface area contributed by atoms with Crippen LogP contribution in [0.5, 0.6) is 11.5 Å². The van der Waals surface area contributed by atoms with Gasteiger partial charge in [-0.15, -0.1) is 0 Å². The van der Waals surface area contributed by atoms with Crippen molar-refractivity contribution in [2.24, 2.45) is 9.98 Å². The molecule has 1 aliphatic carbocycles. The van der Waals surface area contributed by atoms with E-state index in [1.807, 2.05) is 12.4 Å². The van der Waals surface area contributed by atoms with Crippen LogP contribution >= 0.6 is 0 Å². The molecule has 1 saturated carbocycles. The zero-order valence-corrected chi connectivity index (χ0v) is 23.5. The van der Waals surface area contributed by atoms with Crippen LogP contribution < -0.4 is 0 Å². The first-order valence-corrected chi connectivity index (χ1v) is 13.8. The molecule has 36 heavy (non-hydrogen) atoms. The van der Waals surface area contributed by atoms with Crippen LogP contribution in [-0.2, 0) is 0 Å². The third kappa shape index (κ3) is 6.57. The molecule has 0 spiro atoms. The molecular formula is C32H46N2O2. The number of hydrogen-bond acceptors (Lipinski definition) is 4. The lowest BCUT2D eigenvalue weighted by molar-refractivity contribution is 0.390. The second-order valence-electron chi connectivity index (χ2n) is 11.7. The summed E-state index contributed by atoms with van der Waals surface area (Å²) < 4.78 is 0. The van der Waals surface area contributed by atoms with Gasteiger partial charge in [0.25, 0.3) is 0 Å². The average Bonchev–Trinajstić information content (AvgIpc) is 2.82. The molecular weight excluding hydrogens is 444 g/mol. The van der Waals surface area contributed by atoms with Crippen LogP contribution in [0, 0.1) is 0 Å². The van der Waals surface area contributed by atoms with E-state index in [-0.39, 0.29) is 23.9 Å². The molecule has 3 rings (SSSR count). The molecule has 2 unspecified atom stereocenters. The van der Waals surface area contributed by atoms with Crippen molar-refractivity contribution in [2.45, 2.75) is 117 Å². The monoisotopic (exact) mass is 490 g/mol. The third-order valence-corrected chi connectivity index (χ3v) is 7.46. The molecule has 0 aliphatic heterocycles. The number of aliphatic imine (C=N–C) groups is 2. The fourth-order valence-corrected chi connectivity index (χ4v) is 4.94. The van der Waals surface area contributed by atoms with Gasteiger partial charge >= 0.3 is 0 Å². The zero-order valence-electron chi connectivity index (χ0n) is 23.5. The van der Waals surface area contributed by atoms with Crippen LogP contribution in [0.15, 0.2) is 34.3 Å². The first-order chi connectivity index (χ1) is 17.0. The molecule has 4 nitrogen and oxygen atoms in total. The van der Waals surface area contributed by atoms with Crippen LogP contribution in [0.25, 0.3) is 0 Å². The second-order valence-corrected chi connectivity index (χ2v) is 11.7. The normalized spacial score (nSPS) is 19.1. The summed E-state index contributed by atoms with van der Waals surface area (Å²) in [7, 11) is 0. The van der Waals surface area contributed by atoms with Crippen LogP contribution in [0.1, 0.15) is 138 Å². The Morgan fingerprint density at radius 3 is 1.28 bits per heavy atom. The average molecular weight is 491 g/mol. The predicted molar refractivity (Wildman–Crippen MR) is 154 cm³/mol. The second kappa shape index (κ2) is 12.1. The van der Waals surface area contributed by atoms with Crippen LogP contribution in [0.4, 0.5) is 0 Å². The minimum Gasteiger partial charge on any atom is -0.507 e. The molecule has 4 heteroatoms. The van der Waals surface area contributed by atoms with Crippen LogP contribution in [0.3, 0.4) is 0 Å². The van der Waals surface area contributed by atoms with Crippen LogP contribution in [-0.4, -0.2) is 34.7 Å². The summed E-state index contributed by atoms with van der Waals surface area (Å²) in [5.41, 5.74) is 5.98. The van der Waals surface area contributed by atoms with Crippen molar-refractivity contribution in [1.82, 2.24) is 0 Å². The van der Waals surface area contributed by atoms with Crippen molar-refractivity contribution in [3.63, 3.8) is 0 Å². The van der Waals surface area contributed by atoms with E-state index < -0.39 is 0 Å². The Labute approximate surface area is 218 Å². The molecule has 1 aliphatic rings. The highest BCUT2D eigenvalue weighted by molar-refractivity contribution is 5.86. The smallest absolute Gasteiger partial charge is 0.127 e. The molecule has 2 N–H and O–H groups in total. The standard InChI is InChI=1S/C32H46N2O2/c1-19(2)23-13-25(31(35)27(15-23)21(5)6)17-33-29-11-9-10-12-30(29)34-18-26-14-24(20(3)4)16-28(22(7)8)32(26)36/h13-22,29-30,35-36H,9-12H2,1-8H3. The van der Waals surface area contributed by atoms with E-state index >= 15 is 0 Å². The zero-order chi connectivity index (χ0) is 26.6. The van der Waals surface area contributed by atoms with Crippen molar-refractivity contribution in [3.8, 4) is 11.5 Å². The van der Waals surface area contributed by atoms with Gasteiger partial charge in [0, 0.05) is 23.6 Å². The van der Waals surface area contributed by atoms with Crippen molar-refractivity contribution >= 4 is 12.4 Å². The molecule has 1 fully saturated rings. The molecule has 0 aromatic heterocycles. The van der Waals surface area contributed by atoms with E-state index in [9.17, 15) is 10.2 Å². The van der Waals surface area contributed by atoms with E-state index in [0.717, 1.165) is 47.9 Å². The van der Waals surface area contributed by atoms with E-state index in [2.05, 4.69) is 79.7 Å². The summed E-state index contributed by atoms with van der Waals surface area (Å²) in [4.78, 5) is 9.92. The molecule has 0 radical (unpaired) electrons. The number of rotatable bonds is 8. The van der Waals surface area contributed by atoms with E-state index in [1.165, 1.54) is 11.1 Å².